The van der Waals surface area contributed by atoms with E-state index in [9.17, 15) is 9.90 Å². The Bertz CT molecular complexity index is 885. The van der Waals surface area contributed by atoms with Gasteiger partial charge in [-0.15, -0.1) is 11.3 Å². The quantitative estimate of drug-likeness (QED) is 0.583. The number of fused-ring (bicyclic) bond motifs is 1. The van der Waals surface area contributed by atoms with Gasteiger partial charge < -0.3 is 14.7 Å². The summed E-state index contributed by atoms with van der Waals surface area (Å²) in [5.74, 6) is 1.40. The fraction of sp³-hybridized carbons (Fsp3) is 0.577. The zero-order valence-electron chi connectivity index (χ0n) is 20.3. The average molecular weight is 459 g/mol. The van der Waals surface area contributed by atoms with E-state index in [0.29, 0.717) is 32.2 Å². The van der Waals surface area contributed by atoms with Crippen molar-refractivity contribution in [1.29, 1.82) is 0 Å². The molecule has 0 spiro atoms. The van der Waals surface area contributed by atoms with Crippen LogP contribution in [0.2, 0.25) is 0 Å². The lowest BCUT2D eigenvalue weighted by atomic mass is 9.98. The summed E-state index contributed by atoms with van der Waals surface area (Å²) in [6.07, 6.45) is 0.880. The second-order valence-corrected chi connectivity index (χ2v) is 10.6. The minimum atomic E-state index is -0.872. The normalized spacial score (nSPS) is 17.5. The number of hydrogen-bond donors (Lipinski definition) is 1. The molecule has 0 fully saturated rings. The third-order valence-corrected chi connectivity index (χ3v) is 7.68. The minimum absolute atomic E-state index is 0.0866. The zero-order valence-corrected chi connectivity index (χ0v) is 21.1. The zero-order chi connectivity index (χ0) is 23.5. The molecule has 1 N–H and O–H groups in total. The molecule has 2 aromatic rings. The molecule has 2 heterocycles. The Balaban J connectivity index is 1.74. The molecule has 0 unspecified atom stereocenters. The number of likely N-dealkylation sites (N-methyl/N-ethyl adjacent to an activating group) is 1. The van der Waals surface area contributed by atoms with Crippen LogP contribution < -0.4 is 4.74 Å². The van der Waals surface area contributed by atoms with Crippen molar-refractivity contribution in [3.63, 3.8) is 0 Å². The number of rotatable bonds is 9. The van der Waals surface area contributed by atoms with E-state index >= 15 is 0 Å². The van der Waals surface area contributed by atoms with Crippen molar-refractivity contribution in [2.24, 2.45) is 0 Å². The van der Waals surface area contributed by atoms with Gasteiger partial charge in [0.1, 0.15) is 12.4 Å². The lowest BCUT2D eigenvalue weighted by Gasteiger charge is -2.40. The monoisotopic (exact) mass is 458 g/mol. The van der Waals surface area contributed by atoms with Crippen LogP contribution in [0.4, 0.5) is 0 Å². The first-order chi connectivity index (χ1) is 15.1. The van der Waals surface area contributed by atoms with Crippen LogP contribution in [0.15, 0.2) is 35.7 Å². The SMILES string of the molecule is CCN(CC(=O)N1CCc2sccc2[C@H]1COc1ccc(C(C)C)cc1)[C@H](C)C(C)(C)O. The van der Waals surface area contributed by atoms with Gasteiger partial charge in [-0.25, -0.2) is 0 Å². The molecule has 1 aromatic carbocycles. The summed E-state index contributed by atoms with van der Waals surface area (Å²) in [5, 5.41) is 12.6. The fourth-order valence-corrected chi connectivity index (χ4v) is 5.16. The third kappa shape index (κ3) is 5.72. The molecule has 1 amide bonds. The van der Waals surface area contributed by atoms with Gasteiger partial charge in [0.25, 0.3) is 0 Å². The molecule has 0 bridgehead atoms. The number of aliphatic hydroxyl groups is 1. The Labute approximate surface area is 197 Å². The molecule has 1 aromatic heterocycles. The summed E-state index contributed by atoms with van der Waals surface area (Å²) in [5.41, 5.74) is 1.61. The Kier molecular flexibility index (Phi) is 8.01. The van der Waals surface area contributed by atoms with Gasteiger partial charge in [0.2, 0.25) is 5.91 Å². The fourth-order valence-electron chi connectivity index (χ4n) is 4.23. The van der Waals surface area contributed by atoms with Gasteiger partial charge in [-0.3, -0.25) is 9.69 Å². The Morgan fingerprint density at radius 2 is 1.94 bits per heavy atom. The van der Waals surface area contributed by atoms with Gasteiger partial charge in [0, 0.05) is 17.5 Å². The largest absolute Gasteiger partial charge is 0.491 e. The van der Waals surface area contributed by atoms with E-state index in [2.05, 4.69) is 37.4 Å². The molecule has 2 atom stereocenters. The maximum absolute atomic E-state index is 13.4. The van der Waals surface area contributed by atoms with Crippen molar-refractivity contribution in [2.75, 3.05) is 26.2 Å². The average Bonchev–Trinajstić information content (AvgIpc) is 3.23. The van der Waals surface area contributed by atoms with Crippen molar-refractivity contribution in [2.45, 2.75) is 71.6 Å². The number of amides is 1. The van der Waals surface area contributed by atoms with Crippen LogP contribution >= 0.6 is 11.3 Å². The van der Waals surface area contributed by atoms with Gasteiger partial charge in [0.15, 0.2) is 0 Å². The van der Waals surface area contributed by atoms with Crippen LogP contribution in [0.3, 0.4) is 0 Å². The van der Waals surface area contributed by atoms with E-state index in [1.54, 1.807) is 25.2 Å². The van der Waals surface area contributed by atoms with Crippen molar-refractivity contribution in [1.82, 2.24) is 9.80 Å². The summed E-state index contributed by atoms with van der Waals surface area (Å²) in [4.78, 5) is 18.8. The Morgan fingerprint density at radius 1 is 1.25 bits per heavy atom. The topological polar surface area (TPSA) is 53.0 Å². The van der Waals surface area contributed by atoms with Crippen LogP contribution in [0.25, 0.3) is 0 Å². The lowest BCUT2D eigenvalue weighted by molar-refractivity contribution is -0.137. The highest BCUT2D eigenvalue weighted by Gasteiger charge is 2.35. The second kappa shape index (κ2) is 10.4. The highest BCUT2D eigenvalue weighted by atomic mass is 32.1. The lowest BCUT2D eigenvalue weighted by Crippen LogP contribution is -2.52. The van der Waals surface area contributed by atoms with Crippen molar-refractivity contribution < 1.29 is 14.6 Å². The predicted octanol–water partition coefficient (Wildman–Crippen LogP) is 4.86. The number of nitrogens with zero attached hydrogens (tertiary/aromatic N) is 2. The van der Waals surface area contributed by atoms with Crippen LogP contribution in [-0.4, -0.2) is 58.7 Å². The summed E-state index contributed by atoms with van der Waals surface area (Å²) in [7, 11) is 0. The van der Waals surface area contributed by atoms with Gasteiger partial charge in [-0.2, -0.15) is 0 Å². The molecule has 0 radical (unpaired) electrons. The summed E-state index contributed by atoms with van der Waals surface area (Å²) >= 11 is 1.76. The summed E-state index contributed by atoms with van der Waals surface area (Å²) in [6, 6.07) is 10.2. The van der Waals surface area contributed by atoms with Gasteiger partial charge in [-0.1, -0.05) is 32.9 Å². The van der Waals surface area contributed by atoms with Crippen molar-refractivity contribution >= 4 is 17.2 Å². The molecule has 0 aliphatic carbocycles. The van der Waals surface area contributed by atoms with E-state index in [0.717, 1.165) is 12.2 Å². The first kappa shape index (κ1) is 24.7. The first-order valence-electron chi connectivity index (χ1n) is 11.7. The molecule has 0 saturated heterocycles. The van der Waals surface area contributed by atoms with Gasteiger partial charge in [-0.05, 0) is 74.4 Å². The van der Waals surface area contributed by atoms with E-state index in [4.69, 9.17) is 4.74 Å². The van der Waals surface area contributed by atoms with Gasteiger partial charge >= 0.3 is 0 Å². The van der Waals surface area contributed by atoms with Crippen LogP contribution in [-0.2, 0) is 11.2 Å². The van der Waals surface area contributed by atoms with Crippen molar-refractivity contribution in [3.05, 3.63) is 51.7 Å². The molecule has 32 heavy (non-hydrogen) atoms. The molecule has 1 aliphatic heterocycles. The second-order valence-electron chi connectivity index (χ2n) is 9.58. The maximum Gasteiger partial charge on any atom is 0.237 e. The molecular formula is C26H38N2O3S. The number of thiophene rings is 1. The molecular weight excluding hydrogens is 420 g/mol. The van der Waals surface area contributed by atoms with Crippen LogP contribution in [0.1, 0.15) is 69.5 Å². The van der Waals surface area contributed by atoms with E-state index in [-0.39, 0.29) is 18.0 Å². The molecule has 0 saturated carbocycles. The standard InChI is InChI=1S/C26H38N2O3S/c1-7-27(19(4)26(5,6)30)16-25(29)28-14-12-24-22(13-15-32-24)23(28)17-31-21-10-8-20(9-11-21)18(2)3/h8-11,13,15,18-19,23,30H,7,12,14,16-17H2,1-6H3/t19-,23-/m1/s1. The number of hydrogen-bond acceptors (Lipinski definition) is 5. The molecule has 5 nitrogen and oxygen atoms in total. The van der Waals surface area contributed by atoms with E-state index in [1.807, 2.05) is 35.8 Å². The molecule has 3 rings (SSSR count). The van der Waals surface area contributed by atoms with Crippen LogP contribution in [0, 0.1) is 0 Å². The van der Waals surface area contributed by atoms with E-state index in [1.165, 1.54) is 16.0 Å². The first-order valence-corrected chi connectivity index (χ1v) is 12.5. The Morgan fingerprint density at radius 3 is 2.53 bits per heavy atom. The number of ether oxygens (including phenoxy) is 1. The van der Waals surface area contributed by atoms with E-state index < -0.39 is 5.60 Å². The third-order valence-electron chi connectivity index (χ3n) is 6.68. The van der Waals surface area contributed by atoms with Gasteiger partial charge in [0.05, 0.1) is 18.2 Å². The Hall–Kier alpha value is -1.89. The molecule has 176 valence electrons. The van der Waals surface area contributed by atoms with Crippen LogP contribution in [0.5, 0.6) is 5.75 Å². The smallest absolute Gasteiger partial charge is 0.237 e. The summed E-state index contributed by atoms with van der Waals surface area (Å²) < 4.78 is 6.18. The van der Waals surface area contributed by atoms with Crippen molar-refractivity contribution in [3.8, 4) is 5.75 Å². The number of carbonyl (C=O) groups is 1. The number of benzene rings is 1. The highest BCUT2D eigenvalue weighted by Crippen LogP contribution is 2.34. The predicted molar refractivity (Wildman–Crippen MR) is 132 cm³/mol. The maximum atomic E-state index is 13.4. The summed E-state index contributed by atoms with van der Waals surface area (Å²) in [6.45, 7) is 14.1. The molecule has 1 aliphatic rings. The number of carbonyl (C=O) groups excluding carboxylic acids is 1. The highest BCUT2D eigenvalue weighted by molar-refractivity contribution is 7.10. The molecule has 6 heteroatoms. The minimum Gasteiger partial charge on any atom is -0.491 e.